The van der Waals surface area contributed by atoms with Crippen molar-refractivity contribution < 1.29 is 0 Å². The Morgan fingerprint density at radius 2 is 2.10 bits per heavy atom. The number of likely N-dealkylation sites (N-methyl/N-ethyl adjacent to an activating group) is 1. The van der Waals surface area contributed by atoms with Gasteiger partial charge in [-0.15, -0.1) is 0 Å². The van der Waals surface area contributed by atoms with Gasteiger partial charge in [-0.3, -0.25) is 0 Å². The Morgan fingerprint density at radius 3 is 2.90 bits per heavy atom. The minimum absolute atomic E-state index is 0.612. The van der Waals surface area contributed by atoms with Crippen molar-refractivity contribution in [1.82, 2.24) is 4.90 Å². The first kappa shape index (κ1) is 13.7. The lowest BCUT2D eigenvalue weighted by Crippen LogP contribution is -2.45. The van der Waals surface area contributed by atoms with Gasteiger partial charge >= 0.3 is 0 Å². The topological polar surface area (TPSA) is 18.5 Å². The molecule has 1 fully saturated rings. The number of nitrogens with zero attached hydrogens (tertiary/aromatic N) is 2. The Kier molecular flexibility index (Phi) is 3.88. The molecule has 2 heterocycles. The third-order valence-electron chi connectivity index (χ3n) is 4.83. The maximum atomic E-state index is 3.59. The van der Waals surface area contributed by atoms with E-state index >= 15 is 0 Å². The molecule has 3 heteroatoms. The van der Waals surface area contributed by atoms with Gasteiger partial charge < -0.3 is 15.1 Å². The lowest BCUT2D eigenvalue weighted by Gasteiger charge is -2.38. The summed E-state index contributed by atoms with van der Waals surface area (Å²) in [5.41, 5.74) is 4.24. The van der Waals surface area contributed by atoms with Crippen molar-refractivity contribution in [1.29, 1.82) is 0 Å². The van der Waals surface area contributed by atoms with E-state index < -0.39 is 0 Å². The van der Waals surface area contributed by atoms with Gasteiger partial charge in [0.1, 0.15) is 0 Å². The summed E-state index contributed by atoms with van der Waals surface area (Å²) in [5, 5.41) is 3.59. The van der Waals surface area contributed by atoms with Gasteiger partial charge in [-0.2, -0.15) is 0 Å². The number of hydrogen-bond acceptors (Lipinski definition) is 3. The first-order valence-electron chi connectivity index (χ1n) is 7.94. The van der Waals surface area contributed by atoms with E-state index in [0.29, 0.717) is 12.1 Å². The van der Waals surface area contributed by atoms with Crippen LogP contribution in [0, 0.1) is 0 Å². The number of benzene rings is 1. The highest BCUT2D eigenvalue weighted by molar-refractivity contribution is 5.62. The van der Waals surface area contributed by atoms with Crippen LogP contribution < -0.4 is 10.2 Å². The van der Waals surface area contributed by atoms with Crippen LogP contribution in [0.15, 0.2) is 18.2 Å². The Bertz CT molecular complexity index is 469. The van der Waals surface area contributed by atoms with Crippen LogP contribution in [0.5, 0.6) is 0 Å². The number of anilines is 2. The second-order valence-corrected chi connectivity index (χ2v) is 6.63. The SMILES string of the molecule is CC1CCc2cc(N3CCCC(N(C)C)C3)ccc2N1. The molecule has 3 nitrogen and oxygen atoms in total. The molecule has 0 bridgehead atoms. The van der Waals surface area contributed by atoms with Crippen LogP contribution in [0.3, 0.4) is 0 Å². The summed E-state index contributed by atoms with van der Waals surface area (Å²) in [6.07, 6.45) is 5.09. The molecule has 0 saturated carbocycles. The summed E-state index contributed by atoms with van der Waals surface area (Å²) in [6.45, 7) is 4.63. The van der Waals surface area contributed by atoms with Crippen molar-refractivity contribution in [3.63, 3.8) is 0 Å². The summed E-state index contributed by atoms with van der Waals surface area (Å²) in [5.74, 6) is 0. The van der Waals surface area contributed by atoms with E-state index in [2.05, 4.69) is 54.3 Å². The fourth-order valence-electron chi connectivity index (χ4n) is 3.44. The second kappa shape index (κ2) is 5.65. The molecule has 0 amide bonds. The molecule has 2 aliphatic rings. The molecule has 1 N–H and O–H groups in total. The molecule has 1 aromatic rings. The molecule has 2 atom stereocenters. The van der Waals surface area contributed by atoms with Crippen LogP contribution in [-0.2, 0) is 6.42 Å². The second-order valence-electron chi connectivity index (χ2n) is 6.63. The summed E-state index contributed by atoms with van der Waals surface area (Å²) in [7, 11) is 4.40. The average Bonchev–Trinajstić information content (AvgIpc) is 2.47. The highest BCUT2D eigenvalue weighted by Crippen LogP contribution is 2.30. The normalized spacial score (nSPS) is 26.3. The first-order chi connectivity index (χ1) is 9.63. The van der Waals surface area contributed by atoms with Gasteiger partial charge in [0.15, 0.2) is 0 Å². The zero-order valence-corrected chi connectivity index (χ0v) is 13.0. The zero-order valence-electron chi connectivity index (χ0n) is 13.0. The quantitative estimate of drug-likeness (QED) is 0.894. The molecule has 0 radical (unpaired) electrons. The molecule has 1 aromatic carbocycles. The molecule has 0 aromatic heterocycles. The first-order valence-corrected chi connectivity index (χ1v) is 7.94. The smallest absolute Gasteiger partial charge is 0.0376 e. The van der Waals surface area contributed by atoms with Crippen molar-refractivity contribution in [2.75, 3.05) is 37.4 Å². The predicted octanol–water partition coefficient (Wildman–Crippen LogP) is 2.96. The van der Waals surface area contributed by atoms with E-state index in [1.54, 1.807) is 0 Å². The van der Waals surface area contributed by atoms with Crippen molar-refractivity contribution in [3.05, 3.63) is 23.8 Å². The molecule has 3 rings (SSSR count). The summed E-state index contributed by atoms with van der Waals surface area (Å²) in [4.78, 5) is 4.93. The van der Waals surface area contributed by atoms with Crippen molar-refractivity contribution in [3.8, 4) is 0 Å². The largest absolute Gasteiger partial charge is 0.382 e. The Balaban J connectivity index is 1.77. The fraction of sp³-hybridized carbons (Fsp3) is 0.647. The minimum atomic E-state index is 0.612. The third kappa shape index (κ3) is 2.78. The van der Waals surface area contributed by atoms with Gasteiger partial charge in [-0.1, -0.05) is 0 Å². The van der Waals surface area contributed by atoms with E-state index in [9.17, 15) is 0 Å². The van der Waals surface area contributed by atoms with Crippen LogP contribution in [0.2, 0.25) is 0 Å². The van der Waals surface area contributed by atoms with E-state index in [4.69, 9.17) is 0 Å². The van der Waals surface area contributed by atoms with Crippen LogP contribution in [0.1, 0.15) is 31.7 Å². The highest BCUT2D eigenvalue weighted by atomic mass is 15.2. The molecule has 110 valence electrons. The molecule has 2 unspecified atom stereocenters. The van der Waals surface area contributed by atoms with E-state index in [0.717, 1.165) is 6.54 Å². The monoisotopic (exact) mass is 273 g/mol. The number of aryl methyl sites for hydroxylation is 1. The molecule has 2 aliphatic heterocycles. The van der Waals surface area contributed by atoms with Crippen molar-refractivity contribution in [2.45, 2.75) is 44.7 Å². The predicted molar refractivity (Wildman–Crippen MR) is 86.8 cm³/mol. The van der Waals surface area contributed by atoms with Gasteiger partial charge in [-0.25, -0.2) is 0 Å². The van der Waals surface area contributed by atoms with Crippen LogP contribution in [-0.4, -0.2) is 44.2 Å². The Morgan fingerprint density at radius 1 is 1.25 bits per heavy atom. The zero-order chi connectivity index (χ0) is 14.1. The van der Waals surface area contributed by atoms with Gasteiger partial charge in [0.2, 0.25) is 0 Å². The molecule has 1 saturated heterocycles. The number of piperidine rings is 1. The van der Waals surface area contributed by atoms with E-state index in [1.165, 1.54) is 49.2 Å². The lowest BCUT2D eigenvalue weighted by atomic mass is 9.97. The van der Waals surface area contributed by atoms with E-state index in [1.807, 2.05) is 0 Å². The van der Waals surface area contributed by atoms with Gasteiger partial charge in [-0.05, 0) is 70.5 Å². The maximum Gasteiger partial charge on any atom is 0.0376 e. The summed E-state index contributed by atoms with van der Waals surface area (Å²) in [6, 6.07) is 8.28. The lowest BCUT2D eigenvalue weighted by molar-refractivity contribution is 0.258. The Hall–Kier alpha value is -1.22. The molecule has 0 aliphatic carbocycles. The van der Waals surface area contributed by atoms with Crippen molar-refractivity contribution >= 4 is 11.4 Å². The minimum Gasteiger partial charge on any atom is -0.382 e. The van der Waals surface area contributed by atoms with Crippen molar-refractivity contribution in [2.24, 2.45) is 0 Å². The number of nitrogens with one attached hydrogen (secondary N) is 1. The fourth-order valence-corrected chi connectivity index (χ4v) is 3.44. The molecular weight excluding hydrogens is 246 g/mol. The van der Waals surface area contributed by atoms with Crippen LogP contribution in [0.25, 0.3) is 0 Å². The highest BCUT2D eigenvalue weighted by Gasteiger charge is 2.22. The molecule has 20 heavy (non-hydrogen) atoms. The van der Waals surface area contributed by atoms with Gasteiger partial charge in [0, 0.05) is 36.5 Å². The van der Waals surface area contributed by atoms with Gasteiger partial charge in [0.05, 0.1) is 0 Å². The third-order valence-corrected chi connectivity index (χ3v) is 4.83. The van der Waals surface area contributed by atoms with Crippen LogP contribution >= 0.6 is 0 Å². The summed E-state index contributed by atoms with van der Waals surface area (Å²) < 4.78 is 0. The number of hydrogen-bond donors (Lipinski definition) is 1. The number of rotatable bonds is 2. The average molecular weight is 273 g/mol. The van der Waals surface area contributed by atoms with Crippen LogP contribution in [0.4, 0.5) is 11.4 Å². The Labute approximate surface area is 123 Å². The standard InChI is InChI=1S/C17H27N3/c1-13-6-7-14-11-15(8-9-17(14)18-13)20-10-4-5-16(12-20)19(2)3/h8-9,11,13,16,18H,4-7,10,12H2,1-3H3. The molecule has 0 spiro atoms. The summed E-state index contributed by atoms with van der Waals surface area (Å²) >= 11 is 0. The van der Waals surface area contributed by atoms with E-state index in [-0.39, 0.29) is 0 Å². The maximum absolute atomic E-state index is 3.59. The van der Waals surface area contributed by atoms with Gasteiger partial charge in [0.25, 0.3) is 0 Å². The number of fused-ring (bicyclic) bond motifs is 1. The molecular formula is C17H27N3.